The van der Waals surface area contributed by atoms with Crippen LogP contribution in [0.25, 0.3) is 11.1 Å². The minimum Gasteiger partial charge on any atom is -0.478 e. The number of halogens is 3. The highest BCUT2D eigenvalue weighted by molar-refractivity contribution is 7.09. The molecule has 1 fully saturated rings. The Kier molecular flexibility index (Phi) is 7.74. The van der Waals surface area contributed by atoms with Gasteiger partial charge in [0.25, 0.3) is 0 Å². The number of rotatable bonds is 8. The number of benzene rings is 1. The van der Waals surface area contributed by atoms with Crippen LogP contribution in [0, 0.1) is 5.92 Å². The normalized spacial score (nSPS) is 14.7. The molecule has 3 aromatic rings. The van der Waals surface area contributed by atoms with E-state index in [1.807, 2.05) is 0 Å². The van der Waals surface area contributed by atoms with E-state index in [9.17, 15) is 23.1 Å². The number of anilines is 3. The summed E-state index contributed by atoms with van der Waals surface area (Å²) in [6, 6.07) is 8.34. The van der Waals surface area contributed by atoms with E-state index in [1.54, 1.807) is 30.5 Å². The highest BCUT2D eigenvalue weighted by atomic mass is 32.1. The first kappa shape index (κ1) is 25.8. The third-order valence-electron chi connectivity index (χ3n) is 5.72. The molecule has 1 saturated heterocycles. The third-order valence-corrected chi connectivity index (χ3v) is 6.35. The van der Waals surface area contributed by atoms with Gasteiger partial charge in [-0.05, 0) is 36.5 Å². The third kappa shape index (κ3) is 5.93. The van der Waals surface area contributed by atoms with Gasteiger partial charge in [-0.15, -0.1) is 0 Å². The van der Waals surface area contributed by atoms with E-state index in [4.69, 9.17) is 9.72 Å². The molecule has 0 amide bonds. The molecule has 192 valence electrons. The van der Waals surface area contributed by atoms with Crippen LogP contribution in [0.3, 0.4) is 0 Å². The largest absolute Gasteiger partial charge is 0.478 e. The summed E-state index contributed by atoms with van der Waals surface area (Å²) in [5.74, 6) is -1.48. The average Bonchev–Trinajstić information content (AvgIpc) is 3.32. The van der Waals surface area contributed by atoms with E-state index in [0.29, 0.717) is 53.9 Å². The quantitative estimate of drug-likeness (QED) is 0.389. The molecule has 4 rings (SSSR count). The van der Waals surface area contributed by atoms with Gasteiger partial charge in [-0.2, -0.15) is 22.5 Å². The minimum atomic E-state index is -4.66. The van der Waals surface area contributed by atoms with E-state index >= 15 is 0 Å². The number of carboxylic acids is 1. The van der Waals surface area contributed by atoms with Crippen molar-refractivity contribution in [2.24, 2.45) is 5.92 Å². The van der Waals surface area contributed by atoms with Crippen LogP contribution in [0.2, 0.25) is 0 Å². The summed E-state index contributed by atoms with van der Waals surface area (Å²) in [6.45, 7) is 6.05. The maximum atomic E-state index is 13.1. The van der Waals surface area contributed by atoms with Gasteiger partial charge in [-0.1, -0.05) is 32.0 Å². The first-order valence-corrected chi connectivity index (χ1v) is 12.3. The Labute approximate surface area is 210 Å². The SMILES string of the molecule is CC(C)CN(c1ncc(-c2ccccc2C(=O)O)cc1Nc1nc(C(F)(F)F)ns1)C1CCOCC1. The van der Waals surface area contributed by atoms with Crippen molar-refractivity contribution in [1.82, 2.24) is 14.3 Å². The first-order chi connectivity index (χ1) is 17.1. The Bertz CT molecular complexity index is 1210. The molecule has 0 aliphatic carbocycles. The van der Waals surface area contributed by atoms with Crippen molar-refractivity contribution in [3.8, 4) is 11.1 Å². The fraction of sp³-hybridized carbons (Fsp3) is 0.417. The van der Waals surface area contributed by atoms with E-state index in [1.165, 1.54) is 6.07 Å². The highest BCUT2D eigenvalue weighted by Gasteiger charge is 2.36. The van der Waals surface area contributed by atoms with Crippen molar-refractivity contribution in [3.05, 3.63) is 47.9 Å². The van der Waals surface area contributed by atoms with E-state index in [-0.39, 0.29) is 22.7 Å². The molecule has 1 aromatic carbocycles. The van der Waals surface area contributed by atoms with Crippen molar-refractivity contribution in [2.45, 2.75) is 38.9 Å². The molecule has 0 atom stereocenters. The number of ether oxygens (including phenoxy) is 1. The number of pyridine rings is 1. The summed E-state index contributed by atoms with van der Waals surface area (Å²) in [4.78, 5) is 22.2. The first-order valence-electron chi connectivity index (χ1n) is 11.5. The van der Waals surface area contributed by atoms with Crippen LogP contribution in [-0.4, -0.2) is 51.2 Å². The van der Waals surface area contributed by atoms with Crippen molar-refractivity contribution >= 4 is 34.1 Å². The fourth-order valence-electron chi connectivity index (χ4n) is 4.15. The van der Waals surface area contributed by atoms with Crippen molar-refractivity contribution in [1.29, 1.82) is 0 Å². The second-order valence-electron chi connectivity index (χ2n) is 8.88. The number of alkyl halides is 3. The average molecular weight is 522 g/mol. The zero-order valence-electron chi connectivity index (χ0n) is 19.7. The lowest BCUT2D eigenvalue weighted by Gasteiger charge is -2.37. The zero-order chi connectivity index (χ0) is 25.9. The van der Waals surface area contributed by atoms with Crippen molar-refractivity contribution < 1.29 is 27.8 Å². The Balaban J connectivity index is 1.81. The van der Waals surface area contributed by atoms with E-state index < -0.39 is 18.0 Å². The van der Waals surface area contributed by atoms with Crippen LogP contribution in [0.1, 0.15) is 42.9 Å². The molecule has 2 aromatic heterocycles. The molecule has 0 bridgehead atoms. The predicted octanol–water partition coefficient (Wildman–Crippen LogP) is 5.70. The Morgan fingerprint density at radius 2 is 2.00 bits per heavy atom. The van der Waals surface area contributed by atoms with Gasteiger partial charge in [0.2, 0.25) is 11.0 Å². The van der Waals surface area contributed by atoms with Crippen LogP contribution in [-0.2, 0) is 10.9 Å². The van der Waals surface area contributed by atoms with Crippen LogP contribution in [0.4, 0.5) is 29.8 Å². The number of nitrogens with one attached hydrogen (secondary N) is 1. The minimum absolute atomic E-state index is 0.0366. The smallest absolute Gasteiger partial charge is 0.452 e. The van der Waals surface area contributed by atoms with Gasteiger partial charge in [0.1, 0.15) is 0 Å². The number of aromatic carboxylic acids is 1. The maximum Gasteiger partial charge on any atom is 0.452 e. The zero-order valence-corrected chi connectivity index (χ0v) is 20.6. The maximum absolute atomic E-state index is 13.1. The molecule has 1 aliphatic heterocycles. The number of aromatic nitrogens is 3. The standard InChI is InChI=1S/C24H26F3N5O3S/c1-14(2)13-32(16-7-9-35-10-8-16)20-19(29-23-30-22(31-36-23)24(25,26)27)11-15(12-28-20)17-5-3-4-6-18(17)21(33)34/h3-6,11-12,14,16H,7-10,13H2,1-2H3,(H,33,34)(H,29,30,31). The molecule has 0 saturated carbocycles. The van der Waals surface area contributed by atoms with Gasteiger partial charge in [0.15, 0.2) is 5.82 Å². The van der Waals surface area contributed by atoms with Gasteiger partial charge >= 0.3 is 12.1 Å². The number of carboxylic acid groups (broad SMARTS) is 1. The summed E-state index contributed by atoms with van der Waals surface area (Å²) < 4.78 is 48.3. The number of hydrogen-bond acceptors (Lipinski definition) is 8. The second kappa shape index (κ2) is 10.8. The fourth-order valence-corrected chi connectivity index (χ4v) is 4.75. The molecular formula is C24H26F3N5O3S. The lowest BCUT2D eigenvalue weighted by molar-refractivity contribution is -0.144. The molecule has 8 nitrogen and oxygen atoms in total. The predicted molar refractivity (Wildman–Crippen MR) is 131 cm³/mol. The van der Waals surface area contributed by atoms with E-state index in [2.05, 4.69) is 33.4 Å². The van der Waals surface area contributed by atoms with Crippen molar-refractivity contribution in [3.63, 3.8) is 0 Å². The lowest BCUT2D eigenvalue weighted by Crippen LogP contribution is -2.42. The van der Waals surface area contributed by atoms with Crippen LogP contribution >= 0.6 is 11.5 Å². The van der Waals surface area contributed by atoms with Gasteiger partial charge in [0, 0.05) is 49.1 Å². The second-order valence-corrected chi connectivity index (χ2v) is 9.63. The van der Waals surface area contributed by atoms with E-state index in [0.717, 1.165) is 12.8 Å². The monoisotopic (exact) mass is 521 g/mol. The van der Waals surface area contributed by atoms with Gasteiger partial charge in [0.05, 0.1) is 11.3 Å². The summed E-state index contributed by atoms with van der Waals surface area (Å²) in [7, 11) is 0. The number of carbonyl (C=O) groups is 1. The summed E-state index contributed by atoms with van der Waals surface area (Å²) in [5, 5.41) is 12.6. The molecule has 3 heterocycles. The molecule has 2 N–H and O–H groups in total. The summed E-state index contributed by atoms with van der Waals surface area (Å²) in [6.07, 6.45) is -1.50. The summed E-state index contributed by atoms with van der Waals surface area (Å²) in [5.41, 5.74) is 1.47. The molecule has 36 heavy (non-hydrogen) atoms. The molecular weight excluding hydrogens is 495 g/mol. The van der Waals surface area contributed by atoms with Crippen LogP contribution < -0.4 is 10.2 Å². The Hall–Kier alpha value is -3.25. The molecule has 0 unspecified atom stereocenters. The lowest BCUT2D eigenvalue weighted by atomic mass is 10.00. The van der Waals surface area contributed by atoms with Gasteiger partial charge in [-0.3, -0.25) is 0 Å². The molecule has 1 aliphatic rings. The van der Waals surface area contributed by atoms with Gasteiger partial charge in [-0.25, -0.2) is 9.78 Å². The number of nitrogens with zero attached hydrogens (tertiary/aromatic N) is 4. The summed E-state index contributed by atoms with van der Waals surface area (Å²) >= 11 is 0.598. The Morgan fingerprint density at radius 3 is 2.64 bits per heavy atom. The van der Waals surface area contributed by atoms with Crippen LogP contribution in [0.5, 0.6) is 0 Å². The van der Waals surface area contributed by atoms with Crippen molar-refractivity contribution in [2.75, 3.05) is 30.0 Å². The number of hydrogen-bond donors (Lipinski definition) is 2. The molecule has 0 spiro atoms. The topological polar surface area (TPSA) is 100 Å². The van der Waals surface area contributed by atoms with Gasteiger partial charge < -0.3 is 20.1 Å². The Morgan fingerprint density at radius 1 is 1.28 bits per heavy atom. The highest BCUT2D eigenvalue weighted by Crippen LogP contribution is 2.37. The molecule has 12 heteroatoms. The molecule has 0 radical (unpaired) electrons. The van der Waals surface area contributed by atoms with Crippen LogP contribution in [0.15, 0.2) is 36.5 Å².